The minimum absolute atomic E-state index is 0.171. The summed E-state index contributed by atoms with van der Waals surface area (Å²) in [6, 6.07) is 12.1. The van der Waals surface area contributed by atoms with Crippen molar-refractivity contribution < 1.29 is 0 Å². The van der Waals surface area contributed by atoms with E-state index in [-0.39, 0.29) is 5.28 Å². The first-order valence-corrected chi connectivity index (χ1v) is 7.02. The maximum Gasteiger partial charge on any atom is 0.224 e. The number of aryl methyl sites for hydroxylation is 1. The summed E-state index contributed by atoms with van der Waals surface area (Å²) in [5, 5.41) is 1.41. The lowest BCUT2D eigenvalue weighted by Gasteiger charge is -2.14. The number of fused-ring (bicyclic) bond motifs is 1. The molecule has 0 unspecified atom stereocenters. The number of rotatable bonds is 1. The summed E-state index contributed by atoms with van der Waals surface area (Å²) in [5.74, 6) is 0. The summed E-state index contributed by atoms with van der Waals surface area (Å²) in [6.45, 7) is 4.15. The second-order valence-electron chi connectivity index (χ2n) is 4.74. The molecule has 20 heavy (non-hydrogen) atoms. The molecule has 3 aromatic rings. The standard InChI is InChI=1S/C16H12Cl2N2/c1-9-8-12-14(15(17)20-16(18)19-12)13(10(9)2)11-6-4-3-5-7-11/h3-8H,1-2H3. The van der Waals surface area contributed by atoms with Gasteiger partial charge in [-0.25, -0.2) is 9.97 Å². The first kappa shape index (κ1) is 13.3. The molecule has 0 spiro atoms. The molecular formula is C16H12Cl2N2. The molecule has 2 aromatic carbocycles. The lowest BCUT2D eigenvalue weighted by atomic mass is 9.93. The van der Waals surface area contributed by atoms with E-state index < -0.39 is 0 Å². The summed E-state index contributed by atoms with van der Waals surface area (Å²) in [5.41, 5.74) is 5.28. The van der Waals surface area contributed by atoms with Crippen LogP contribution in [0.4, 0.5) is 0 Å². The third kappa shape index (κ3) is 2.15. The fourth-order valence-electron chi connectivity index (χ4n) is 2.42. The van der Waals surface area contributed by atoms with Crippen molar-refractivity contribution in [3.05, 3.63) is 58.0 Å². The third-order valence-corrected chi connectivity index (χ3v) is 3.94. The molecule has 0 amide bonds. The topological polar surface area (TPSA) is 25.8 Å². The van der Waals surface area contributed by atoms with E-state index in [9.17, 15) is 0 Å². The fraction of sp³-hybridized carbons (Fsp3) is 0.125. The molecule has 0 radical (unpaired) electrons. The molecule has 0 atom stereocenters. The van der Waals surface area contributed by atoms with E-state index in [1.54, 1.807) is 0 Å². The predicted octanol–water partition coefficient (Wildman–Crippen LogP) is 5.22. The summed E-state index contributed by atoms with van der Waals surface area (Å²) < 4.78 is 0. The van der Waals surface area contributed by atoms with Crippen molar-refractivity contribution >= 4 is 34.1 Å². The SMILES string of the molecule is Cc1cc2nc(Cl)nc(Cl)c2c(-c2ccccc2)c1C. The highest BCUT2D eigenvalue weighted by Crippen LogP contribution is 2.36. The van der Waals surface area contributed by atoms with Gasteiger partial charge in [0, 0.05) is 5.39 Å². The molecule has 0 aliphatic carbocycles. The van der Waals surface area contributed by atoms with Crippen molar-refractivity contribution in [2.24, 2.45) is 0 Å². The Hall–Kier alpha value is -1.64. The molecule has 1 heterocycles. The molecule has 0 saturated carbocycles. The summed E-state index contributed by atoms with van der Waals surface area (Å²) in [6.07, 6.45) is 0. The molecule has 4 heteroatoms. The van der Waals surface area contributed by atoms with E-state index in [0.29, 0.717) is 5.15 Å². The fourth-order valence-corrected chi connectivity index (χ4v) is 2.91. The molecule has 2 nitrogen and oxygen atoms in total. The Morgan fingerprint density at radius 3 is 2.35 bits per heavy atom. The maximum absolute atomic E-state index is 6.31. The van der Waals surface area contributed by atoms with Crippen LogP contribution in [0, 0.1) is 13.8 Å². The number of hydrogen-bond donors (Lipinski definition) is 0. The van der Waals surface area contributed by atoms with Gasteiger partial charge < -0.3 is 0 Å². The van der Waals surface area contributed by atoms with Crippen LogP contribution < -0.4 is 0 Å². The highest BCUT2D eigenvalue weighted by Gasteiger charge is 2.15. The zero-order chi connectivity index (χ0) is 14.3. The van der Waals surface area contributed by atoms with Gasteiger partial charge in [0.15, 0.2) is 0 Å². The molecule has 100 valence electrons. The summed E-state index contributed by atoms with van der Waals surface area (Å²) in [7, 11) is 0. The van der Waals surface area contributed by atoms with E-state index in [1.807, 2.05) is 24.3 Å². The molecule has 0 bridgehead atoms. The monoisotopic (exact) mass is 302 g/mol. The number of halogens is 2. The Morgan fingerprint density at radius 2 is 1.65 bits per heavy atom. The second kappa shape index (κ2) is 5.04. The molecule has 1 aromatic heterocycles. The molecule has 0 aliphatic rings. The average molecular weight is 303 g/mol. The van der Waals surface area contributed by atoms with Crippen LogP contribution in [0.5, 0.6) is 0 Å². The van der Waals surface area contributed by atoms with Crippen LogP contribution in [0.25, 0.3) is 22.0 Å². The van der Waals surface area contributed by atoms with E-state index in [4.69, 9.17) is 23.2 Å². The van der Waals surface area contributed by atoms with Crippen molar-refractivity contribution in [1.29, 1.82) is 0 Å². The zero-order valence-corrected chi connectivity index (χ0v) is 12.6. The lowest BCUT2D eigenvalue weighted by Crippen LogP contribution is -1.95. The Morgan fingerprint density at radius 1 is 0.950 bits per heavy atom. The highest BCUT2D eigenvalue weighted by molar-refractivity contribution is 6.36. The quantitative estimate of drug-likeness (QED) is 0.455. The molecule has 0 N–H and O–H groups in total. The first-order valence-electron chi connectivity index (χ1n) is 6.26. The van der Waals surface area contributed by atoms with E-state index >= 15 is 0 Å². The molecule has 0 fully saturated rings. The van der Waals surface area contributed by atoms with Crippen LogP contribution >= 0.6 is 23.2 Å². The van der Waals surface area contributed by atoms with Gasteiger partial charge >= 0.3 is 0 Å². The van der Waals surface area contributed by atoms with Gasteiger partial charge in [-0.05, 0) is 53.8 Å². The first-order chi connectivity index (χ1) is 9.58. The van der Waals surface area contributed by atoms with Crippen LogP contribution in [0.15, 0.2) is 36.4 Å². The Kier molecular flexibility index (Phi) is 3.36. The average Bonchev–Trinajstić information content (AvgIpc) is 2.42. The van der Waals surface area contributed by atoms with Crippen molar-refractivity contribution in [1.82, 2.24) is 9.97 Å². The van der Waals surface area contributed by atoms with Gasteiger partial charge in [-0.3, -0.25) is 0 Å². The van der Waals surface area contributed by atoms with Gasteiger partial charge in [0.25, 0.3) is 0 Å². The Balaban J connectivity index is 2.49. The van der Waals surface area contributed by atoms with Gasteiger partial charge in [0.2, 0.25) is 5.28 Å². The lowest BCUT2D eigenvalue weighted by molar-refractivity contribution is 1.21. The molecule has 0 aliphatic heterocycles. The summed E-state index contributed by atoms with van der Waals surface area (Å²) >= 11 is 12.2. The van der Waals surface area contributed by atoms with Gasteiger partial charge in [0.1, 0.15) is 5.15 Å². The van der Waals surface area contributed by atoms with Crippen LogP contribution in [-0.4, -0.2) is 9.97 Å². The van der Waals surface area contributed by atoms with E-state index in [1.165, 1.54) is 5.56 Å². The predicted molar refractivity (Wildman–Crippen MR) is 84.5 cm³/mol. The molecule has 3 rings (SSSR count). The maximum atomic E-state index is 6.31. The van der Waals surface area contributed by atoms with Crippen molar-refractivity contribution in [3.63, 3.8) is 0 Å². The Labute approximate surface area is 127 Å². The van der Waals surface area contributed by atoms with Gasteiger partial charge in [0.05, 0.1) is 5.52 Å². The van der Waals surface area contributed by atoms with Gasteiger partial charge in [-0.1, -0.05) is 41.9 Å². The van der Waals surface area contributed by atoms with Crippen LogP contribution in [0.2, 0.25) is 10.4 Å². The number of hydrogen-bond acceptors (Lipinski definition) is 2. The van der Waals surface area contributed by atoms with Crippen molar-refractivity contribution in [2.75, 3.05) is 0 Å². The van der Waals surface area contributed by atoms with Crippen molar-refractivity contribution in [3.8, 4) is 11.1 Å². The van der Waals surface area contributed by atoms with Gasteiger partial charge in [-0.15, -0.1) is 0 Å². The zero-order valence-electron chi connectivity index (χ0n) is 11.1. The van der Waals surface area contributed by atoms with E-state index in [0.717, 1.165) is 27.6 Å². The molecule has 0 saturated heterocycles. The normalized spacial score (nSPS) is 11.0. The van der Waals surface area contributed by atoms with Crippen LogP contribution in [0.1, 0.15) is 11.1 Å². The minimum atomic E-state index is 0.171. The minimum Gasteiger partial charge on any atom is -0.218 e. The van der Waals surface area contributed by atoms with Gasteiger partial charge in [-0.2, -0.15) is 0 Å². The number of nitrogens with zero attached hydrogens (tertiary/aromatic N) is 2. The van der Waals surface area contributed by atoms with Crippen LogP contribution in [-0.2, 0) is 0 Å². The molecular weight excluding hydrogens is 291 g/mol. The third-order valence-electron chi connectivity index (χ3n) is 3.50. The number of benzene rings is 2. The largest absolute Gasteiger partial charge is 0.224 e. The van der Waals surface area contributed by atoms with E-state index in [2.05, 4.69) is 35.9 Å². The smallest absolute Gasteiger partial charge is 0.218 e. The van der Waals surface area contributed by atoms with Crippen LogP contribution in [0.3, 0.4) is 0 Å². The Bertz CT molecular complexity index is 799. The number of aromatic nitrogens is 2. The van der Waals surface area contributed by atoms with Crippen molar-refractivity contribution in [2.45, 2.75) is 13.8 Å². The second-order valence-corrected chi connectivity index (χ2v) is 5.43. The summed E-state index contributed by atoms with van der Waals surface area (Å²) in [4.78, 5) is 8.37. The highest BCUT2D eigenvalue weighted by atomic mass is 35.5.